The Hall–Kier alpha value is -3.72. The fourth-order valence-electron chi connectivity index (χ4n) is 5.25. The van der Waals surface area contributed by atoms with Crippen molar-refractivity contribution in [2.24, 2.45) is 0 Å². The van der Waals surface area contributed by atoms with Crippen LogP contribution in [0.4, 0.5) is 27.5 Å². The van der Waals surface area contributed by atoms with Gasteiger partial charge in [-0.2, -0.15) is 4.98 Å². The van der Waals surface area contributed by atoms with E-state index in [0.29, 0.717) is 28.8 Å². The molecule has 1 unspecified atom stereocenters. The number of nitrogens with one attached hydrogen (secondary N) is 3. The van der Waals surface area contributed by atoms with Crippen LogP contribution in [-0.2, 0) is 12.8 Å². The molecule has 1 aliphatic heterocycles. The van der Waals surface area contributed by atoms with Crippen LogP contribution in [0.2, 0.25) is 0 Å². The van der Waals surface area contributed by atoms with Crippen molar-refractivity contribution in [1.29, 1.82) is 0 Å². The van der Waals surface area contributed by atoms with Crippen LogP contribution < -0.4 is 16.4 Å². The lowest BCUT2D eigenvalue weighted by atomic mass is 10.0. The van der Waals surface area contributed by atoms with E-state index in [9.17, 15) is 9.18 Å². The van der Waals surface area contributed by atoms with E-state index in [1.54, 1.807) is 18.2 Å². The molecule has 2 aromatic heterocycles. The van der Waals surface area contributed by atoms with Gasteiger partial charge in [0.05, 0.1) is 11.7 Å². The van der Waals surface area contributed by atoms with E-state index in [-0.39, 0.29) is 5.82 Å². The lowest BCUT2D eigenvalue weighted by Crippen LogP contribution is -2.32. The van der Waals surface area contributed by atoms with Crippen LogP contribution in [0.5, 0.6) is 0 Å². The molecule has 1 saturated heterocycles. The van der Waals surface area contributed by atoms with Gasteiger partial charge >= 0.3 is 5.76 Å². The molecule has 0 amide bonds. The van der Waals surface area contributed by atoms with E-state index in [2.05, 4.69) is 42.6 Å². The van der Waals surface area contributed by atoms with Crippen molar-refractivity contribution in [1.82, 2.24) is 19.9 Å². The maximum atomic E-state index is 14.5. The minimum absolute atomic E-state index is 0.0379. The average molecular weight is 475 g/mol. The number of rotatable bonds is 5. The molecule has 1 atom stereocenters. The van der Waals surface area contributed by atoms with Crippen molar-refractivity contribution in [3.8, 4) is 0 Å². The summed E-state index contributed by atoms with van der Waals surface area (Å²) in [6.45, 7) is 2.47. The van der Waals surface area contributed by atoms with Gasteiger partial charge in [0.25, 0.3) is 0 Å². The number of nitrogens with zero attached hydrogens (tertiary/aromatic N) is 3. The van der Waals surface area contributed by atoms with Gasteiger partial charge in [0, 0.05) is 17.4 Å². The van der Waals surface area contributed by atoms with Crippen molar-refractivity contribution in [3.05, 3.63) is 70.1 Å². The van der Waals surface area contributed by atoms with E-state index in [0.717, 1.165) is 24.7 Å². The number of halogens is 1. The SMILES string of the molecule is O=c1[nH]c2cc(Nc3nc(Nc4ccc5c(c4)CCC(N4CCCC4)CC5)ncc3F)ccc2o1. The number of likely N-dealkylation sites (tertiary alicyclic amines) is 1. The molecule has 3 heterocycles. The first kappa shape index (κ1) is 21.8. The van der Waals surface area contributed by atoms with Gasteiger partial charge in [-0.25, -0.2) is 14.2 Å². The van der Waals surface area contributed by atoms with Crippen LogP contribution in [0.1, 0.15) is 36.8 Å². The molecule has 0 spiro atoms. The van der Waals surface area contributed by atoms with Gasteiger partial charge in [0.1, 0.15) is 0 Å². The van der Waals surface area contributed by atoms with E-state index < -0.39 is 11.6 Å². The number of hydrogen-bond acceptors (Lipinski definition) is 7. The monoisotopic (exact) mass is 474 g/mol. The molecule has 6 rings (SSSR count). The predicted molar refractivity (Wildman–Crippen MR) is 133 cm³/mol. The number of fused-ring (bicyclic) bond motifs is 2. The number of aromatic nitrogens is 3. The standard InChI is InChI=1S/C26H27FN6O2/c27-21-15-28-25(32-24(21)29-19-7-10-23-22(14-19)31-26(34)35-23)30-18-6-3-16-4-8-20(9-5-17(16)13-18)33-11-1-2-12-33/h3,6-7,10,13-15,20H,1-2,4-5,8-9,11-12H2,(H,31,34)(H2,28,29,30,32). The normalized spacial score (nSPS) is 18.4. The molecule has 2 aromatic carbocycles. The van der Waals surface area contributed by atoms with Crippen LogP contribution in [0.25, 0.3) is 11.1 Å². The second kappa shape index (κ2) is 9.14. The van der Waals surface area contributed by atoms with E-state index in [1.165, 1.54) is 49.9 Å². The molecule has 2 aliphatic rings. The molecule has 9 heteroatoms. The zero-order valence-electron chi connectivity index (χ0n) is 19.3. The molecule has 8 nitrogen and oxygen atoms in total. The van der Waals surface area contributed by atoms with Gasteiger partial charge < -0.3 is 20.0 Å². The number of anilines is 4. The van der Waals surface area contributed by atoms with E-state index in [4.69, 9.17) is 4.42 Å². The predicted octanol–water partition coefficient (Wildman–Crippen LogP) is 4.88. The summed E-state index contributed by atoms with van der Waals surface area (Å²) in [6, 6.07) is 12.1. The minimum Gasteiger partial charge on any atom is -0.408 e. The molecule has 0 radical (unpaired) electrons. The van der Waals surface area contributed by atoms with Gasteiger partial charge in [-0.1, -0.05) is 6.07 Å². The summed E-state index contributed by atoms with van der Waals surface area (Å²) >= 11 is 0. The number of aryl methyl sites for hydroxylation is 2. The number of hydrogen-bond donors (Lipinski definition) is 3. The molecular formula is C26H27FN6O2. The van der Waals surface area contributed by atoms with Gasteiger partial charge in [-0.3, -0.25) is 4.98 Å². The number of benzene rings is 2. The third-order valence-electron chi connectivity index (χ3n) is 7.04. The van der Waals surface area contributed by atoms with Gasteiger partial charge in [-0.15, -0.1) is 0 Å². The summed E-state index contributed by atoms with van der Waals surface area (Å²) in [6.07, 6.45) is 8.34. The second-order valence-electron chi connectivity index (χ2n) is 9.32. The summed E-state index contributed by atoms with van der Waals surface area (Å²) in [5, 5.41) is 6.18. The molecule has 1 aliphatic carbocycles. The highest BCUT2D eigenvalue weighted by atomic mass is 19.1. The maximum absolute atomic E-state index is 14.5. The highest BCUT2D eigenvalue weighted by molar-refractivity contribution is 5.78. The van der Waals surface area contributed by atoms with Crippen LogP contribution in [0.15, 0.2) is 51.8 Å². The Morgan fingerprint density at radius 1 is 1.00 bits per heavy atom. The van der Waals surface area contributed by atoms with Crippen LogP contribution in [0.3, 0.4) is 0 Å². The first-order valence-corrected chi connectivity index (χ1v) is 12.2. The van der Waals surface area contributed by atoms with E-state index in [1.807, 2.05) is 6.07 Å². The minimum atomic E-state index is -0.578. The zero-order chi connectivity index (χ0) is 23.8. The Labute approximate surface area is 201 Å². The van der Waals surface area contributed by atoms with Crippen molar-refractivity contribution >= 4 is 34.2 Å². The fraction of sp³-hybridized carbons (Fsp3) is 0.346. The first-order chi connectivity index (χ1) is 17.1. The van der Waals surface area contributed by atoms with Gasteiger partial charge in [0.2, 0.25) is 5.95 Å². The van der Waals surface area contributed by atoms with Crippen LogP contribution in [0, 0.1) is 5.82 Å². The largest absolute Gasteiger partial charge is 0.417 e. The Morgan fingerprint density at radius 3 is 2.63 bits per heavy atom. The third-order valence-corrected chi connectivity index (χ3v) is 7.04. The van der Waals surface area contributed by atoms with E-state index >= 15 is 0 Å². The summed E-state index contributed by atoms with van der Waals surface area (Å²) < 4.78 is 19.5. The second-order valence-corrected chi connectivity index (χ2v) is 9.32. The molecule has 3 N–H and O–H groups in total. The number of aromatic amines is 1. The Balaban J connectivity index is 1.18. The van der Waals surface area contributed by atoms with Crippen molar-refractivity contribution in [3.63, 3.8) is 0 Å². The topological polar surface area (TPSA) is 99.1 Å². The van der Waals surface area contributed by atoms with Crippen molar-refractivity contribution in [2.45, 2.75) is 44.6 Å². The Kier molecular flexibility index (Phi) is 5.69. The summed E-state index contributed by atoms with van der Waals surface area (Å²) in [5.74, 6) is -0.776. The number of oxazole rings is 1. The molecule has 1 fully saturated rings. The lowest BCUT2D eigenvalue weighted by Gasteiger charge is -2.25. The first-order valence-electron chi connectivity index (χ1n) is 12.2. The lowest BCUT2D eigenvalue weighted by molar-refractivity contribution is 0.222. The summed E-state index contributed by atoms with van der Waals surface area (Å²) in [5.41, 5.74) is 5.17. The molecular weight excluding hydrogens is 447 g/mol. The molecule has 35 heavy (non-hydrogen) atoms. The van der Waals surface area contributed by atoms with Gasteiger partial charge in [0.15, 0.2) is 17.2 Å². The fourth-order valence-corrected chi connectivity index (χ4v) is 5.25. The van der Waals surface area contributed by atoms with Gasteiger partial charge in [-0.05, 0) is 93.1 Å². The third kappa shape index (κ3) is 4.64. The van der Waals surface area contributed by atoms with Crippen LogP contribution in [-0.4, -0.2) is 39.0 Å². The summed E-state index contributed by atoms with van der Waals surface area (Å²) in [4.78, 5) is 25.1. The molecule has 4 aromatic rings. The van der Waals surface area contributed by atoms with Crippen molar-refractivity contribution < 1.29 is 8.81 Å². The number of H-pyrrole nitrogens is 1. The average Bonchev–Trinajstić information content (AvgIpc) is 3.46. The van der Waals surface area contributed by atoms with Crippen molar-refractivity contribution in [2.75, 3.05) is 23.7 Å². The smallest absolute Gasteiger partial charge is 0.408 e. The molecule has 0 saturated carbocycles. The highest BCUT2D eigenvalue weighted by Gasteiger charge is 2.24. The maximum Gasteiger partial charge on any atom is 0.417 e. The van der Waals surface area contributed by atoms with Crippen LogP contribution >= 0.6 is 0 Å². The molecule has 0 bridgehead atoms. The zero-order valence-corrected chi connectivity index (χ0v) is 19.3. The Bertz CT molecular complexity index is 1430. The quantitative estimate of drug-likeness (QED) is 0.355. The highest BCUT2D eigenvalue weighted by Crippen LogP contribution is 2.29. The summed E-state index contributed by atoms with van der Waals surface area (Å²) in [7, 11) is 0. The Morgan fingerprint density at radius 2 is 1.77 bits per heavy atom. The molecule has 180 valence electrons.